The maximum Gasteiger partial charge on any atom is 0.325 e. The number of aromatic nitrogens is 2. The molecule has 0 bridgehead atoms. The summed E-state index contributed by atoms with van der Waals surface area (Å²) in [5.74, 6) is -0.543. The van der Waals surface area contributed by atoms with Crippen LogP contribution in [0.1, 0.15) is 24.5 Å². The Morgan fingerprint density at radius 2 is 2.29 bits per heavy atom. The second-order valence-electron chi connectivity index (χ2n) is 5.58. The van der Waals surface area contributed by atoms with Crippen molar-refractivity contribution in [1.82, 2.24) is 14.7 Å². The Morgan fingerprint density at radius 3 is 2.95 bits per heavy atom. The smallest absolute Gasteiger partial charge is 0.325 e. The SMILES string of the molecule is CS(=O)(=O)CCN1CCC[C@H](c2ccnn2CC(=O)O)C1. The van der Waals surface area contributed by atoms with Crippen molar-refractivity contribution in [2.75, 3.05) is 31.6 Å². The Kier molecular flexibility index (Phi) is 5.00. The monoisotopic (exact) mass is 315 g/mol. The first-order chi connectivity index (χ1) is 9.85. The molecule has 1 aliphatic rings. The van der Waals surface area contributed by atoms with Crippen molar-refractivity contribution in [3.05, 3.63) is 18.0 Å². The summed E-state index contributed by atoms with van der Waals surface area (Å²) in [6.45, 7) is 2.03. The van der Waals surface area contributed by atoms with Gasteiger partial charge < -0.3 is 10.0 Å². The molecule has 1 aliphatic heterocycles. The number of sulfone groups is 1. The van der Waals surface area contributed by atoms with Crippen LogP contribution in [0.2, 0.25) is 0 Å². The number of carboxylic acids is 1. The number of carbonyl (C=O) groups is 1. The van der Waals surface area contributed by atoms with Gasteiger partial charge in [0.25, 0.3) is 0 Å². The van der Waals surface area contributed by atoms with Crippen LogP contribution in [0.15, 0.2) is 12.3 Å². The molecule has 0 spiro atoms. The zero-order chi connectivity index (χ0) is 15.5. The predicted molar refractivity (Wildman–Crippen MR) is 78.0 cm³/mol. The van der Waals surface area contributed by atoms with Gasteiger partial charge in [-0.15, -0.1) is 0 Å². The summed E-state index contributed by atoms with van der Waals surface area (Å²) >= 11 is 0. The summed E-state index contributed by atoms with van der Waals surface area (Å²) in [5, 5.41) is 13.0. The van der Waals surface area contributed by atoms with E-state index in [0.717, 1.165) is 31.6 Å². The number of nitrogens with zero attached hydrogens (tertiary/aromatic N) is 3. The lowest BCUT2D eigenvalue weighted by Gasteiger charge is -2.32. The summed E-state index contributed by atoms with van der Waals surface area (Å²) < 4.78 is 24.0. The van der Waals surface area contributed by atoms with E-state index in [-0.39, 0.29) is 18.2 Å². The van der Waals surface area contributed by atoms with Gasteiger partial charge in [-0.3, -0.25) is 9.48 Å². The lowest BCUT2D eigenvalue weighted by atomic mass is 9.94. The van der Waals surface area contributed by atoms with Crippen LogP contribution in [0, 0.1) is 0 Å². The van der Waals surface area contributed by atoms with Gasteiger partial charge in [-0.2, -0.15) is 5.10 Å². The van der Waals surface area contributed by atoms with Crippen LogP contribution in [0.3, 0.4) is 0 Å². The maximum absolute atomic E-state index is 11.3. The van der Waals surface area contributed by atoms with Crippen LogP contribution in [-0.4, -0.2) is 65.8 Å². The van der Waals surface area contributed by atoms with Crippen LogP contribution in [0.25, 0.3) is 0 Å². The molecule has 0 aromatic carbocycles. The van der Waals surface area contributed by atoms with Gasteiger partial charge in [0, 0.05) is 37.2 Å². The van der Waals surface area contributed by atoms with Gasteiger partial charge in [-0.25, -0.2) is 8.42 Å². The summed E-state index contributed by atoms with van der Waals surface area (Å²) in [6, 6.07) is 1.85. The standard InChI is InChI=1S/C13H21N3O4S/c1-21(19,20)8-7-15-6-2-3-11(9-15)12-4-5-14-16(12)10-13(17)18/h4-5,11H,2-3,6-10H2,1H3,(H,17,18)/t11-/m0/s1. The summed E-state index contributed by atoms with van der Waals surface area (Å²) in [6.07, 6.45) is 4.82. The number of likely N-dealkylation sites (tertiary alicyclic amines) is 1. The van der Waals surface area contributed by atoms with Gasteiger partial charge in [-0.1, -0.05) is 0 Å². The largest absolute Gasteiger partial charge is 0.480 e. The number of aliphatic carboxylic acids is 1. The number of rotatable bonds is 6. The molecule has 1 fully saturated rings. The lowest BCUT2D eigenvalue weighted by Crippen LogP contribution is -2.38. The fourth-order valence-electron chi connectivity index (χ4n) is 2.74. The summed E-state index contributed by atoms with van der Waals surface area (Å²) in [7, 11) is -2.96. The Morgan fingerprint density at radius 1 is 1.52 bits per heavy atom. The average molecular weight is 315 g/mol. The van der Waals surface area contributed by atoms with Crippen LogP contribution in [0.4, 0.5) is 0 Å². The van der Waals surface area contributed by atoms with E-state index in [1.807, 2.05) is 6.07 Å². The van der Waals surface area contributed by atoms with Gasteiger partial charge in [0.2, 0.25) is 0 Å². The Balaban J connectivity index is 2.01. The van der Waals surface area contributed by atoms with Crippen LogP contribution < -0.4 is 0 Å². The minimum Gasteiger partial charge on any atom is -0.480 e. The molecule has 0 aliphatic carbocycles. The van der Waals surface area contributed by atoms with Gasteiger partial charge >= 0.3 is 5.97 Å². The average Bonchev–Trinajstić information content (AvgIpc) is 2.83. The van der Waals surface area contributed by atoms with E-state index in [1.165, 1.54) is 10.9 Å². The molecule has 1 aromatic heterocycles. The summed E-state index contributed by atoms with van der Waals surface area (Å²) in [4.78, 5) is 13.0. The molecule has 0 amide bonds. The molecule has 0 saturated carbocycles. The fraction of sp³-hybridized carbons (Fsp3) is 0.692. The molecule has 0 unspecified atom stereocenters. The predicted octanol–water partition coefficient (Wildman–Crippen LogP) is 0.192. The van der Waals surface area contributed by atoms with E-state index in [4.69, 9.17) is 5.11 Å². The lowest BCUT2D eigenvalue weighted by molar-refractivity contribution is -0.137. The number of hydrogen-bond donors (Lipinski definition) is 1. The molecule has 7 nitrogen and oxygen atoms in total. The fourth-order valence-corrected chi connectivity index (χ4v) is 3.33. The minimum absolute atomic E-state index is 0.137. The molecule has 118 valence electrons. The zero-order valence-electron chi connectivity index (χ0n) is 12.1. The number of hydrogen-bond acceptors (Lipinski definition) is 5. The van der Waals surface area contributed by atoms with E-state index < -0.39 is 15.8 Å². The van der Waals surface area contributed by atoms with Crippen LogP contribution in [0.5, 0.6) is 0 Å². The van der Waals surface area contributed by atoms with Crippen molar-refractivity contribution < 1.29 is 18.3 Å². The van der Waals surface area contributed by atoms with Crippen molar-refractivity contribution in [3.63, 3.8) is 0 Å². The first-order valence-corrected chi connectivity index (χ1v) is 9.05. The van der Waals surface area contributed by atoms with Crippen LogP contribution in [-0.2, 0) is 21.2 Å². The zero-order valence-corrected chi connectivity index (χ0v) is 12.9. The number of piperidine rings is 1. The Labute approximate surface area is 124 Å². The highest BCUT2D eigenvalue weighted by Gasteiger charge is 2.24. The first kappa shape index (κ1) is 16.0. The third-order valence-electron chi connectivity index (χ3n) is 3.74. The molecule has 1 N–H and O–H groups in total. The van der Waals surface area contributed by atoms with E-state index >= 15 is 0 Å². The normalized spacial score (nSPS) is 20.5. The van der Waals surface area contributed by atoms with E-state index in [9.17, 15) is 13.2 Å². The number of carboxylic acid groups (broad SMARTS) is 1. The quantitative estimate of drug-likeness (QED) is 0.806. The first-order valence-electron chi connectivity index (χ1n) is 6.99. The van der Waals surface area contributed by atoms with Gasteiger partial charge in [0.1, 0.15) is 16.4 Å². The van der Waals surface area contributed by atoms with E-state index in [0.29, 0.717) is 6.54 Å². The van der Waals surface area contributed by atoms with Crippen molar-refractivity contribution >= 4 is 15.8 Å². The molecular formula is C13H21N3O4S. The van der Waals surface area contributed by atoms with Crippen molar-refractivity contribution in [2.45, 2.75) is 25.3 Å². The highest BCUT2D eigenvalue weighted by Crippen LogP contribution is 2.26. The maximum atomic E-state index is 11.3. The van der Waals surface area contributed by atoms with Crippen LogP contribution >= 0.6 is 0 Å². The molecule has 2 heterocycles. The van der Waals surface area contributed by atoms with Crippen molar-refractivity contribution in [1.29, 1.82) is 0 Å². The molecule has 1 atom stereocenters. The van der Waals surface area contributed by atoms with Gasteiger partial charge in [-0.05, 0) is 25.5 Å². The van der Waals surface area contributed by atoms with Crippen molar-refractivity contribution in [3.8, 4) is 0 Å². The minimum atomic E-state index is -2.96. The topological polar surface area (TPSA) is 92.5 Å². The van der Waals surface area contributed by atoms with Gasteiger partial charge in [0.05, 0.1) is 5.75 Å². The molecule has 8 heteroatoms. The Hall–Kier alpha value is -1.41. The molecule has 21 heavy (non-hydrogen) atoms. The Bertz CT molecular complexity index is 596. The van der Waals surface area contributed by atoms with E-state index in [1.54, 1.807) is 6.20 Å². The molecule has 0 radical (unpaired) electrons. The second-order valence-corrected chi connectivity index (χ2v) is 7.84. The molecular weight excluding hydrogens is 294 g/mol. The third-order valence-corrected chi connectivity index (χ3v) is 4.66. The summed E-state index contributed by atoms with van der Waals surface area (Å²) in [5.41, 5.74) is 0.918. The van der Waals surface area contributed by atoms with Gasteiger partial charge in [0.15, 0.2) is 0 Å². The highest BCUT2D eigenvalue weighted by atomic mass is 32.2. The third kappa shape index (κ3) is 4.82. The molecule has 1 saturated heterocycles. The molecule has 2 rings (SSSR count). The highest BCUT2D eigenvalue weighted by molar-refractivity contribution is 7.90. The van der Waals surface area contributed by atoms with E-state index in [2.05, 4.69) is 10.00 Å². The van der Waals surface area contributed by atoms with Crippen molar-refractivity contribution in [2.24, 2.45) is 0 Å². The molecule has 1 aromatic rings. The second kappa shape index (κ2) is 6.57.